The second-order valence-corrected chi connectivity index (χ2v) is 6.04. The number of hydrogen-bond donors (Lipinski definition) is 0. The van der Waals surface area contributed by atoms with Gasteiger partial charge in [-0.2, -0.15) is 0 Å². The van der Waals surface area contributed by atoms with Crippen LogP contribution in [0.2, 0.25) is 5.02 Å². The second-order valence-electron chi connectivity index (χ2n) is 5.63. The summed E-state index contributed by atoms with van der Waals surface area (Å²) in [7, 11) is 0. The minimum Gasteiger partial charge on any atom is -0.465 e. The lowest BCUT2D eigenvalue weighted by Crippen LogP contribution is -2.41. The van der Waals surface area contributed by atoms with Gasteiger partial charge in [-0.1, -0.05) is 41.9 Å². The van der Waals surface area contributed by atoms with Crippen LogP contribution < -0.4 is 4.74 Å². The molecular formula is C19H15ClN2O2. The van der Waals surface area contributed by atoms with Crippen molar-refractivity contribution in [3.05, 3.63) is 70.9 Å². The number of hydrogen-bond acceptors (Lipinski definition) is 3. The molecule has 4 nitrogen and oxygen atoms in total. The summed E-state index contributed by atoms with van der Waals surface area (Å²) in [6.07, 6.45) is 1.21. The largest absolute Gasteiger partial charge is 0.465 e. The zero-order valence-electron chi connectivity index (χ0n) is 13.1. The van der Waals surface area contributed by atoms with Crippen molar-refractivity contribution >= 4 is 28.4 Å². The monoisotopic (exact) mass is 338 g/mol. The van der Waals surface area contributed by atoms with Crippen molar-refractivity contribution in [3.8, 4) is 5.75 Å². The topological polar surface area (TPSA) is 42.4 Å². The van der Waals surface area contributed by atoms with Crippen LogP contribution in [0.15, 0.2) is 54.7 Å². The van der Waals surface area contributed by atoms with Gasteiger partial charge in [0, 0.05) is 29.8 Å². The van der Waals surface area contributed by atoms with E-state index in [4.69, 9.17) is 16.3 Å². The van der Waals surface area contributed by atoms with E-state index in [-0.39, 0.29) is 5.91 Å². The van der Waals surface area contributed by atoms with Gasteiger partial charge in [0.1, 0.15) is 5.75 Å². The Hall–Kier alpha value is -2.59. The minimum absolute atomic E-state index is 0.0607. The summed E-state index contributed by atoms with van der Waals surface area (Å²) in [4.78, 5) is 19.0. The molecule has 0 radical (unpaired) electrons. The quantitative estimate of drug-likeness (QED) is 0.693. The third-order valence-corrected chi connectivity index (χ3v) is 4.56. The van der Waals surface area contributed by atoms with Crippen LogP contribution >= 0.6 is 11.6 Å². The van der Waals surface area contributed by atoms with Gasteiger partial charge in [0.05, 0.1) is 16.1 Å². The molecule has 1 aromatic heterocycles. The molecule has 24 heavy (non-hydrogen) atoms. The van der Waals surface area contributed by atoms with Gasteiger partial charge in [0.2, 0.25) is 6.23 Å². The number of amides is 1. The third kappa shape index (κ3) is 2.31. The molecular weight excluding hydrogens is 324 g/mol. The first-order chi connectivity index (χ1) is 11.7. The molecule has 0 N–H and O–H groups in total. The number of halogens is 1. The van der Waals surface area contributed by atoms with Gasteiger partial charge in [-0.15, -0.1) is 0 Å². The lowest BCUT2D eigenvalue weighted by atomic mass is 10.0. The molecule has 0 aliphatic carbocycles. The highest BCUT2D eigenvalue weighted by Gasteiger charge is 2.34. The van der Waals surface area contributed by atoms with Crippen LogP contribution in [-0.2, 0) is 0 Å². The summed E-state index contributed by atoms with van der Waals surface area (Å²) in [6, 6.07) is 15.0. The maximum absolute atomic E-state index is 13.0. The molecule has 5 heteroatoms. The van der Waals surface area contributed by atoms with E-state index in [1.807, 2.05) is 37.3 Å². The average molecular weight is 339 g/mol. The van der Waals surface area contributed by atoms with Gasteiger partial charge in [0.15, 0.2) is 0 Å². The zero-order valence-corrected chi connectivity index (χ0v) is 13.8. The van der Waals surface area contributed by atoms with Gasteiger partial charge >= 0.3 is 0 Å². The van der Waals surface area contributed by atoms with Gasteiger partial charge < -0.3 is 4.74 Å². The van der Waals surface area contributed by atoms with E-state index in [0.717, 1.165) is 10.9 Å². The number of benzene rings is 2. The number of aromatic nitrogens is 1. The van der Waals surface area contributed by atoms with Crippen LogP contribution in [0.25, 0.3) is 10.9 Å². The molecule has 2 aromatic carbocycles. The van der Waals surface area contributed by atoms with Gasteiger partial charge in [0.25, 0.3) is 5.91 Å². The number of carbonyl (C=O) groups excluding carboxylic acids is 1. The average Bonchev–Trinajstić information content (AvgIpc) is 2.61. The number of carbonyl (C=O) groups is 1. The number of fused-ring (bicyclic) bond motifs is 2. The van der Waals surface area contributed by atoms with Crippen molar-refractivity contribution in [1.29, 1.82) is 0 Å². The summed E-state index contributed by atoms with van der Waals surface area (Å²) in [5.41, 5.74) is 2.18. The number of rotatable bonds is 2. The maximum atomic E-state index is 13.0. The molecule has 0 fully saturated rings. The summed E-state index contributed by atoms with van der Waals surface area (Å²) in [5.74, 6) is 0.482. The van der Waals surface area contributed by atoms with Crippen LogP contribution in [0, 0.1) is 0 Å². The molecule has 1 aliphatic heterocycles. The first-order valence-corrected chi connectivity index (χ1v) is 8.17. The van der Waals surface area contributed by atoms with Gasteiger partial charge in [-0.05, 0) is 19.1 Å². The first-order valence-electron chi connectivity index (χ1n) is 7.80. The maximum Gasteiger partial charge on any atom is 0.260 e. The molecule has 1 atom stereocenters. The molecule has 0 bridgehead atoms. The SMILES string of the molecule is CCN1C(=O)c2cc3c(Cl)ccnc3cc2OC1c1ccccc1. The summed E-state index contributed by atoms with van der Waals surface area (Å²) < 4.78 is 6.16. The van der Waals surface area contributed by atoms with E-state index < -0.39 is 6.23 Å². The van der Waals surface area contributed by atoms with Gasteiger partial charge in [-0.3, -0.25) is 14.7 Å². The first kappa shape index (κ1) is 15.0. The molecule has 1 amide bonds. The Kier molecular flexibility index (Phi) is 3.62. The van der Waals surface area contributed by atoms with Crippen molar-refractivity contribution in [3.63, 3.8) is 0 Å². The van der Waals surface area contributed by atoms with Crippen molar-refractivity contribution in [2.24, 2.45) is 0 Å². The lowest BCUT2D eigenvalue weighted by Gasteiger charge is -2.36. The van der Waals surface area contributed by atoms with Crippen LogP contribution in [0.3, 0.4) is 0 Å². The van der Waals surface area contributed by atoms with Crippen molar-refractivity contribution in [2.45, 2.75) is 13.2 Å². The Morgan fingerprint density at radius 2 is 2.00 bits per heavy atom. The zero-order chi connectivity index (χ0) is 16.7. The smallest absolute Gasteiger partial charge is 0.260 e. The third-order valence-electron chi connectivity index (χ3n) is 4.23. The molecule has 0 saturated heterocycles. The molecule has 1 unspecified atom stereocenters. The molecule has 0 spiro atoms. The number of pyridine rings is 1. The molecule has 0 saturated carbocycles. The summed E-state index contributed by atoms with van der Waals surface area (Å²) in [6.45, 7) is 2.49. The van der Waals surface area contributed by atoms with E-state index in [0.29, 0.717) is 28.4 Å². The molecule has 3 aromatic rings. The predicted octanol–water partition coefficient (Wildman–Crippen LogP) is 4.44. The Labute approximate surface area is 144 Å². The summed E-state index contributed by atoms with van der Waals surface area (Å²) in [5, 5.41) is 1.33. The van der Waals surface area contributed by atoms with E-state index in [9.17, 15) is 4.79 Å². The molecule has 2 heterocycles. The normalized spacial score (nSPS) is 16.8. The van der Waals surface area contributed by atoms with Crippen molar-refractivity contribution in [2.75, 3.05) is 6.54 Å². The van der Waals surface area contributed by atoms with Crippen LogP contribution in [-0.4, -0.2) is 22.3 Å². The summed E-state index contributed by atoms with van der Waals surface area (Å²) >= 11 is 6.24. The Bertz CT molecular complexity index is 927. The van der Waals surface area contributed by atoms with E-state index in [2.05, 4.69) is 4.98 Å². The second kappa shape index (κ2) is 5.80. The van der Waals surface area contributed by atoms with Crippen molar-refractivity contribution in [1.82, 2.24) is 9.88 Å². The van der Waals surface area contributed by atoms with Crippen LogP contribution in [0.4, 0.5) is 0 Å². The fourth-order valence-electron chi connectivity index (χ4n) is 3.02. The van der Waals surface area contributed by atoms with E-state index in [1.165, 1.54) is 0 Å². The highest BCUT2D eigenvalue weighted by Crippen LogP contribution is 2.38. The highest BCUT2D eigenvalue weighted by atomic mass is 35.5. The Balaban J connectivity index is 1.88. The molecule has 1 aliphatic rings. The lowest BCUT2D eigenvalue weighted by molar-refractivity contribution is 0.0111. The minimum atomic E-state index is -0.437. The Morgan fingerprint density at radius 1 is 1.21 bits per heavy atom. The van der Waals surface area contributed by atoms with Crippen molar-refractivity contribution < 1.29 is 9.53 Å². The predicted molar refractivity (Wildman–Crippen MR) is 93.3 cm³/mol. The Morgan fingerprint density at radius 3 is 2.75 bits per heavy atom. The van der Waals surface area contributed by atoms with Gasteiger partial charge in [-0.25, -0.2) is 0 Å². The molecule has 4 rings (SSSR count). The van der Waals surface area contributed by atoms with E-state index in [1.54, 1.807) is 29.3 Å². The standard InChI is InChI=1S/C19H15ClN2O2/c1-2-22-18(23)14-10-13-15(20)8-9-21-16(13)11-17(14)24-19(22)12-6-4-3-5-7-12/h3-11,19H,2H2,1H3. The van der Waals surface area contributed by atoms with Crippen LogP contribution in [0.1, 0.15) is 29.1 Å². The number of ether oxygens (including phenoxy) is 1. The highest BCUT2D eigenvalue weighted by molar-refractivity contribution is 6.35. The molecule has 120 valence electrons. The fraction of sp³-hybridized carbons (Fsp3) is 0.158. The number of nitrogens with zero attached hydrogens (tertiary/aromatic N) is 2. The van der Waals surface area contributed by atoms with E-state index >= 15 is 0 Å². The fourth-order valence-corrected chi connectivity index (χ4v) is 3.23. The van der Waals surface area contributed by atoms with Crippen LogP contribution in [0.5, 0.6) is 5.75 Å².